The Morgan fingerprint density at radius 2 is 2.00 bits per heavy atom. The summed E-state index contributed by atoms with van der Waals surface area (Å²) in [5.74, 6) is 0.940. The smallest absolute Gasteiger partial charge is 0.261 e. The maximum Gasteiger partial charge on any atom is 0.261 e. The number of fused-ring (bicyclic) bond motifs is 1. The van der Waals surface area contributed by atoms with Gasteiger partial charge in [0, 0.05) is 17.7 Å². The van der Waals surface area contributed by atoms with Crippen LogP contribution in [0.2, 0.25) is 0 Å². The van der Waals surface area contributed by atoms with Gasteiger partial charge in [0.1, 0.15) is 5.82 Å². The number of benzene rings is 1. The van der Waals surface area contributed by atoms with Gasteiger partial charge in [0.25, 0.3) is 11.8 Å². The Kier molecular flexibility index (Phi) is 4.56. The zero-order chi connectivity index (χ0) is 19.7. The van der Waals surface area contributed by atoms with E-state index >= 15 is 0 Å². The first kappa shape index (κ1) is 17.8. The van der Waals surface area contributed by atoms with Gasteiger partial charge in [-0.15, -0.1) is 10.2 Å². The zero-order valence-corrected chi connectivity index (χ0v) is 15.3. The SMILES string of the molecule is CC(C)c1noc(-c2cccn3c(CNC(=O)c4ccc(F)cc4)nnc23)n1. The number of carbonyl (C=O) groups excluding carboxylic acids is 1. The van der Waals surface area contributed by atoms with E-state index < -0.39 is 5.82 Å². The Bertz CT molecular complexity index is 1130. The molecule has 3 aromatic heterocycles. The van der Waals surface area contributed by atoms with E-state index in [1.54, 1.807) is 10.6 Å². The molecule has 4 rings (SSSR count). The number of aromatic nitrogens is 5. The van der Waals surface area contributed by atoms with Crippen LogP contribution in [0.4, 0.5) is 4.39 Å². The summed E-state index contributed by atoms with van der Waals surface area (Å²) in [7, 11) is 0. The molecule has 0 saturated heterocycles. The summed E-state index contributed by atoms with van der Waals surface area (Å²) >= 11 is 0. The van der Waals surface area contributed by atoms with Crippen molar-refractivity contribution in [2.75, 3.05) is 0 Å². The van der Waals surface area contributed by atoms with E-state index in [4.69, 9.17) is 4.52 Å². The van der Waals surface area contributed by atoms with Crippen molar-refractivity contribution < 1.29 is 13.7 Å². The third-order valence-electron chi connectivity index (χ3n) is 4.21. The lowest BCUT2D eigenvalue weighted by molar-refractivity contribution is 0.0949. The molecule has 0 aliphatic carbocycles. The molecule has 0 fully saturated rings. The first-order chi connectivity index (χ1) is 13.5. The molecule has 9 heteroatoms. The fourth-order valence-electron chi connectivity index (χ4n) is 2.69. The Hall–Kier alpha value is -3.62. The molecule has 4 aromatic rings. The van der Waals surface area contributed by atoms with Gasteiger partial charge in [0.15, 0.2) is 17.3 Å². The Balaban J connectivity index is 1.57. The second-order valence-corrected chi connectivity index (χ2v) is 6.53. The average molecular weight is 380 g/mol. The molecule has 0 aliphatic heterocycles. The van der Waals surface area contributed by atoms with Crippen molar-refractivity contribution in [1.29, 1.82) is 0 Å². The van der Waals surface area contributed by atoms with Gasteiger partial charge in [-0.25, -0.2) is 4.39 Å². The summed E-state index contributed by atoms with van der Waals surface area (Å²) in [5, 5.41) is 15.1. The van der Waals surface area contributed by atoms with Gasteiger partial charge in [0.05, 0.1) is 12.1 Å². The van der Waals surface area contributed by atoms with E-state index in [-0.39, 0.29) is 18.4 Å². The Morgan fingerprint density at radius 1 is 1.21 bits per heavy atom. The number of halogens is 1. The number of rotatable bonds is 5. The van der Waals surface area contributed by atoms with Gasteiger partial charge >= 0.3 is 0 Å². The lowest BCUT2D eigenvalue weighted by Gasteiger charge is -2.05. The van der Waals surface area contributed by atoms with Gasteiger partial charge in [0.2, 0.25) is 0 Å². The first-order valence-electron chi connectivity index (χ1n) is 8.73. The van der Waals surface area contributed by atoms with Crippen LogP contribution in [-0.4, -0.2) is 30.6 Å². The Morgan fingerprint density at radius 3 is 2.71 bits per heavy atom. The van der Waals surface area contributed by atoms with Crippen molar-refractivity contribution in [3.8, 4) is 11.5 Å². The predicted molar refractivity (Wildman–Crippen MR) is 97.9 cm³/mol. The molecule has 0 bridgehead atoms. The topological polar surface area (TPSA) is 98.2 Å². The average Bonchev–Trinajstić information content (AvgIpc) is 3.34. The quantitative estimate of drug-likeness (QED) is 0.572. The van der Waals surface area contributed by atoms with E-state index in [1.807, 2.05) is 26.0 Å². The fraction of sp³-hybridized carbons (Fsp3) is 0.211. The number of hydrogen-bond donors (Lipinski definition) is 1. The minimum Gasteiger partial charge on any atom is -0.345 e. The summed E-state index contributed by atoms with van der Waals surface area (Å²) in [4.78, 5) is 16.6. The monoisotopic (exact) mass is 380 g/mol. The Labute approximate surface area is 159 Å². The largest absolute Gasteiger partial charge is 0.345 e. The minimum absolute atomic E-state index is 0.146. The van der Waals surface area contributed by atoms with Gasteiger partial charge in [-0.1, -0.05) is 19.0 Å². The van der Waals surface area contributed by atoms with Crippen LogP contribution in [-0.2, 0) is 6.54 Å². The molecule has 8 nitrogen and oxygen atoms in total. The first-order valence-corrected chi connectivity index (χ1v) is 8.73. The molecule has 1 N–H and O–H groups in total. The number of carbonyl (C=O) groups is 1. The van der Waals surface area contributed by atoms with Crippen molar-refractivity contribution in [1.82, 2.24) is 30.1 Å². The third kappa shape index (κ3) is 3.34. The van der Waals surface area contributed by atoms with Crippen molar-refractivity contribution in [2.24, 2.45) is 0 Å². The van der Waals surface area contributed by atoms with Gasteiger partial charge in [-0.2, -0.15) is 4.98 Å². The van der Waals surface area contributed by atoms with Crippen LogP contribution < -0.4 is 5.32 Å². The third-order valence-corrected chi connectivity index (χ3v) is 4.21. The summed E-state index contributed by atoms with van der Waals surface area (Å²) in [5.41, 5.74) is 1.57. The van der Waals surface area contributed by atoms with E-state index in [0.717, 1.165) is 0 Å². The molecule has 142 valence electrons. The molecule has 1 amide bonds. The summed E-state index contributed by atoms with van der Waals surface area (Å²) in [6, 6.07) is 8.96. The molecular weight excluding hydrogens is 363 g/mol. The summed E-state index contributed by atoms with van der Waals surface area (Å²) < 4.78 is 20.1. The molecular formula is C19H17FN6O2. The van der Waals surface area contributed by atoms with Crippen molar-refractivity contribution in [3.63, 3.8) is 0 Å². The maximum atomic E-state index is 13.0. The predicted octanol–water partition coefficient (Wildman–Crippen LogP) is 2.97. The van der Waals surface area contributed by atoms with Crippen LogP contribution >= 0.6 is 0 Å². The molecule has 28 heavy (non-hydrogen) atoms. The normalized spacial score (nSPS) is 11.3. The van der Waals surface area contributed by atoms with E-state index in [9.17, 15) is 9.18 Å². The van der Waals surface area contributed by atoms with Crippen LogP contribution in [0.15, 0.2) is 47.1 Å². The van der Waals surface area contributed by atoms with Crippen LogP contribution in [0.3, 0.4) is 0 Å². The van der Waals surface area contributed by atoms with Crippen molar-refractivity contribution in [3.05, 3.63) is 65.6 Å². The van der Waals surface area contributed by atoms with E-state index in [1.165, 1.54) is 24.3 Å². The molecule has 0 spiro atoms. The zero-order valence-electron chi connectivity index (χ0n) is 15.3. The highest BCUT2D eigenvalue weighted by atomic mass is 19.1. The van der Waals surface area contributed by atoms with Crippen LogP contribution in [0.5, 0.6) is 0 Å². The van der Waals surface area contributed by atoms with E-state index in [2.05, 4.69) is 25.7 Å². The molecule has 3 heterocycles. The standard InChI is InChI=1S/C19H17FN6O2/c1-11(2)16-22-19(28-25-16)14-4-3-9-26-15(23-24-17(14)26)10-21-18(27)12-5-7-13(20)8-6-12/h3-9,11H,10H2,1-2H3,(H,21,27). The van der Waals surface area contributed by atoms with Gasteiger partial charge < -0.3 is 9.84 Å². The van der Waals surface area contributed by atoms with Crippen molar-refractivity contribution in [2.45, 2.75) is 26.3 Å². The van der Waals surface area contributed by atoms with Gasteiger partial charge in [-0.05, 0) is 36.4 Å². The van der Waals surface area contributed by atoms with Gasteiger partial charge in [-0.3, -0.25) is 9.20 Å². The number of amides is 1. The molecule has 0 aliphatic rings. The lowest BCUT2D eigenvalue weighted by Crippen LogP contribution is -2.24. The van der Waals surface area contributed by atoms with Crippen LogP contribution in [0.1, 0.15) is 41.8 Å². The second kappa shape index (κ2) is 7.18. The molecule has 1 aromatic carbocycles. The number of nitrogens with one attached hydrogen (secondary N) is 1. The fourth-order valence-corrected chi connectivity index (χ4v) is 2.69. The highest BCUT2D eigenvalue weighted by Gasteiger charge is 2.17. The van der Waals surface area contributed by atoms with Crippen LogP contribution in [0.25, 0.3) is 17.1 Å². The minimum atomic E-state index is -0.394. The highest BCUT2D eigenvalue weighted by molar-refractivity contribution is 5.94. The number of nitrogens with zero attached hydrogens (tertiary/aromatic N) is 5. The summed E-state index contributed by atoms with van der Waals surface area (Å²) in [6.45, 7) is 4.12. The van der Waals surface area contributed by atoms with E-state index in [0.29, 0.717) is 34.3 Å². The van der Waals surface area contributed by atoms with Crippen LogP contribution in [0, 0.1) is 5.82 Å². The highest BCUT2D eigenvalue weighted by Crippen LogP contribution is 2.23. The molecule has 0 atom stereocenters. The maximum absolute atomic E-state index is 13.0. The number of hydrogen-bond acceptors (Lipinski definition) is 6. The second-order valence-electron chi connectivity index (χ2n) is 6.53. The summed E-state index contributed by atoms with van der Waals surface area (Å²) in [6.07, 6.45) is 1.79. The molecule has 0 radical (unpaired) electrons. The molecule has 0 unspecified atom stereocenters. The molecule has 0 saturated carbocycles. The number of pyridine rings is 1. The van der Waals surface area contributed by atoms with Crippen molar-refractivity contribution >= 4 is 11.6 Å². The lowest BCUT2D eigenvalue weighted by atomic mass is 10.2.